The lowest BCUT2D eigenvalue weighted by atomic mass is 9.93. The average Bonchev–Trinajstić information content (AvgIpc) is 3.24. The monoisotopic (exact) mass is 446 g/mol. The first-order chi connectivity index (χ1) is 14.2. The van der Waals surface area contributed by atoms with Gasteiger partial charge in [0.1, 0.15) is 6.07 Å². The third-order valence-electron chi connectivity index (χ3n) is 4.90. The number of nitrogens with one attached hydrogen (secondary N) is 2. The number of fused-ring (bicyclic) bond motifs is 1. The smallest absolute Gasteiger partial charge is 0.161 e. The van der Waals surface area contributed by atoms with E-state index in [1.165, 1.54) is 0 Å². The highest BCUT2D eigenvalue weighted by Crippen LogP contribution is 2.37. The maximum Gasteiger partial charge on any atom is 0.161 e. The van der Waals surface area contributed by atoms with Crippen molar-refractivity contribution in [3.8, 4) is 17.2 Å². The van der Waals surface area contributed by atoms with Gasteiger partial charge in [-0.15, -0.1) is 0 Å². The highest BCUT2D eigenvalue weighted by molar-refractivity contribution is 9.08. The summed E-state index contributed by atoms with van der Waals surface area (Å²) >= 11 is 3.32. The molecule has 0 unspecified atom stereocenters. The van der Waals surface area contributed by atoms with Gasteiger partial charge in [0.05, 0.1) is 11.3 Å². The molecule has 0 spiro atoms. The number of anilines is 1. The molecule has 6 nitrogen and oxygen atoms in total. The minimum Gasteiger partial charge on any atom is -0.377 e. The van der Waals surface area contributed by atoms with E-state index < -0.39 is 0 Å². The van der Waals surface area contributed by atoms with E-state index in [4.69, 9.17) is 0 Å². The van der Waals surface area contributed by atoms with Crippen LogP contribution in [-0.2, 0) is 13.1 Å². The van der Waals surface area contributed by atoms with E-state index >= 15 is 0 Å². The SMILES string of the molecule is Cc1ccccc1-c1c(C#N)c(NCc2cccnc2)c2nccn2c1CNBr. The van der Waals surface area contributed by atoms with Gasteiger partial charge in [0.25, 0.3) is 0 Å². The lowest BCUT2D eigenvalue weighted by molar-refractivity contribution is 0.903. The van der Waals surface area contributed by atoms with Gasteiger partial charge in [0.2, 0.25) is 0 Å². The summed E-state index contributed by atoms with van der Waals surface area (Å²) in [4.78, 5) is 8.70. The summed E-state index contributed by atoms with van der Waals surface area (Å²) in [7, 11) is 0. The van der Waals surface area contributed by atoms with Gasteiger partial charge in [-0.1, -0.05) is 30.3 Å². The number of hydrogen-bond acceptors (Lipinski definition) is 5. The van der Waals surface area contributed by atoms with Crippen LogP contribution in [0.3, 0.4) is 0 Å². The van der Waals surface area contributed by atoms with Crippen LogP contribution in [0.15, 0.2) is 61.2 Å². The number of benzene rings is 1. The van der Waals surface area contributed by atoms with Crippen molar-refractivity contribution in [1.82, 2.24) is 18.7 Å². The van der Waals surface area contributed by atoms with Gasteiger partial charge in [-0.25, -0.2) is 9.33 Å². The topological polar surface area (TPSA) is 78.0 Å². The third-order valence-corrected chi connectivity index (χ3v) is 5.18. The fourth-order valence-electron chi connectivity index (χ4n) is 3.56. The molecular formula is C22H19BrN6. The molecule has 0 radical (unpaired) electrons. The first-order valence-electron chi connectivity index (χ1n) is 9.19. The van der Waals surface area contributed by atoms with Crippen LogP contribution in [0.4, 0.5) is 5.69 Å². The molecule has 0 fully saturated rings. The summed E-state index contributed by atoms with van der Waals surface area (Å²) in [6.45, 7) is 3.14. The van der Waals surface area contributed by atoms with Crippen molar-refractivity contribution in [2.45, 2.75) is 20.0 Å². The van der Waals surface area contributed by atoms with Crippen molar-refractivity contribution in [3.05, 3.63) is 83.6 Å². The van der Waals surface area contributed by atoms with E-state index in [0.29, 0.717) is 18.7 Å². The first-order valence-corrected chi connectivity index (χ1v) is 9.98. The van der Waals surface area contributed by atoms with Crippen molar-refractivity contribution in [2.24, 2.45) is 0 Å². The van der Waals surface area contributed by atoms with Crippen molar-refractivity contribution in [1.29, 1.82) is 5.26 Å². The standard InChI is InChI=1S/C22H19BrN6/c1-15-5-2-3-7-17(15)20-18(11-24)21(27-13-16-6-4-8-25-12-16)22-26-9-10-29(22)19(20)14-28-23/h2-10,12,27-28H,13-14H2,1H3. The number of nitrogens with zero attached hydrogens (tertiary/aromatic N) is 4. The zero-order valence-corrected chi connectivity index (χ0v) is 17.4. The number of imidazole rings is 1. The number of aryl methyl sites for hydroxylation is 1. The first kappa shape index (κ1) is 19.1. The zero-order chi connectivity index (χ0) is 20.2. The molecule has 3 aromatic heterocycles. The molecule has 1 aromatic carbocycles. The van der Waals surface area contributed by atoms with Crippen LogP contribution in [-0.4, -0.2) is 14.4 Å². The minimum absolute atomic E-state index is 0.536. The molecule has 3 heterocycles. The maximum atomic E-state index is 10.2. The molecule has 7 heteroatoms. The fourth-order valence-corrected chi connectivity index (χ4v) is 3.83. The molecule has 0 aliphatic heterocycles. The van der Waals surface area contributed by atoms with Crippen LogP contribution in [0.25, 0.3) is 16.8 Å². The van der Waals surface area contributed by atoms with Crippen LogP contribution in [0, 0.1) is 18.3 Å². The van der Waals surface area contributed by atoms with Crippen LogP contribution >= 0.6 is 16.1 Å². The quantitative estimate of drug-likeness (QED) is 0.423. The Labute approximate surface area is 177 Å². The Morgan fingerprint density at radius 2 is 2.00 bits per heavy atom. The molecule has 4 rings (SSSR count). The predicted octanol–water partition coefficient (Wildman–Crippen LogP) is 4.59. The number of halogens is 1. The van der Waals surface area contributed by atoms with Crippen molar-refractivity contribution >= 4 is 27.5 Å². The largest absolute Gasteiger partial charge is 0.377 e. The van der Waals surface area contributed by atoms with Crippen molar-refractivity contribution in [2.75, 3.05) is 5.32 Å². The Morgan fingerprint density at radius 3 is 2.72 bits per heavy atom. The Balaban J connectivity index is 1.96. The molecule has 0 aliphatic carbocycles. The molecule has 0 amide bonds. The normalized spacial score (nSPS) is 10.8. The summed E-state index contributed by atoms with van der Waals surface area (Å²) in [5.74, 6) is 0. The molecular weight excluding hydrogens is 428 g/mol. The van der Waals surface area contributed by atoms with Gasteiger partial charge < -0.3 is 9.72 Å². The van der Waals surface area contributed by atoms with Gasteiger partial charge in [-0.2, -0.15) is 5.26 Å². The van der Waals surface area contributed by atoms with Gasteiger partial charge in [0, 0.05) is 65.3 Å². The van der Waals surface area contributed by atoms with Gasteiger partial charge in [-0.3, -0.25) is 4.98 Å². The Morgan fingerprint density at radius 1 is 1.14 bits per heavy atom. The van der Waals surface area contributed by atoms with Gasteiger partial charge in [-0.05, 0) is 29.7 Å². The predicted molar refractivity (Wildman–Crippen MR) is 117 cm³/mol. The lowest BCUT2D eigenvalue weighted by Crippen LogP contribution is -2.12. The molecule has 4 aromatic rings. The number of pyridine rings is 2. The summed E-state index contributed by atoms with van der Waals surface area (Å²) in [5.41, 5.74) is 7.06. The van der Waals surface area contributed by atoms with E-state index in [1.807, 2.05) is 41.1 Å². The molecule has 0 saturated carbocycles. The van der Waals surface area contributed by atoms with E-state index in [-0.39, 0.29) is 0 Å². The van der Waals surface area contributed by atoms with Crippen molar-refractivity contribution < 1.29 is 0 Å². The van der Waals surface area contributed by atoms with Crippen LogP contribution in [0.1, 0.15) is 22.4 Å². The van der Waals surface area contributed by atoms with E-state index in [9.17, 15) is 5.26 Å². The Bertz CT molecular complexity index is 1190. The second kappa shape index (κ2) is 8.43. The lowest BCUT2D eigenvalue weighted by Gasteiger charge is -2.20. The van der Waals surface area contributed by atoms with Crippen LogP contribution in [0.2, 0.25) is 0 Å². The van der Waals surface area contributed by atoms with Crippen LogP contribution in [0.5, 0.6) is 0 Å². The molecule has 2 N–H and O–H groups in total. The number of hydrogen-bond donors (Lipinski definition) is 2. The minimum atomic E-state index is 0.536. The number of aromatic nitrogens is 3. The van der Waals surface area contributed by atoms with Gasteiger partial charge >= 0.3 is 0 Å². The molecule has 0 atom stereocenters. The molecule has 0 bridgehead atoms. The zero-order valence-electron chi connectivity index (χ0n) is 15.9. The average molecular weight is 447 g/mol. The summed E-state index contributed by atoms with van der Waals surface area (Å²) in [6, 6.07) is 14.4. The Hall–Kier alpha value is -3.21. The van der Waals surface area contributed by atoms with Crippen molar-refractivity contribution in [3.63, 3.8) is 0 Å². The molecule has 29 heavy (non-hydrogen) atoms. The second-order valence-corrected chi connectivity index (χ2v) is 7.21. The molecule has 0 aliphatic rings. The van der Waals surface area contributed by atoms with Crippen LogP contribution < -0.4 is 9.66 Å². The molecule has 144 valence electrons. The highest BCUT2D eigenvalue weighted by Gasteiger charge is 2.22. The Kier molecular flexibility index (Phi) is 5.56. The second-order valence-electron chi connectivity index (χ2n) is 6.64. The van der Waals surface area contributed by atoms with Gasteiger partial charge in [0.15, 0.2) is 5.65 Å². The highest BCUT2D eigenvalue weighted by atomic mass is 79.9. The third kappa shape index (κ3) is 3.60. The number of rotatable bonds is 6. The molecule has 0 saturated heterocycles. The summed E-state index contributed by atoms with van der Waals surface area (Å²) < 4.78 is 5.08. The summed E-state index contributed by atoms with van der Waals surface area (Å²) in [5, 5.41) is 13.6. The maximum absolute atomic E-state index is 10.2. The number of nitriles is 1. The van der Waals surface area contributed by atoms with E-state index in [0.717, 1.165) is 39.3 Å². The summed E-state index contributed by atoms with van der Waals surface area (Å²) in [6.07, 6.45) is 7.24. The fraction of sp³-hybridized carbons (Fsp3) is 0.136. The van der Waals surface area contributed by atoms with E-state index in [1.54, 1.807) is 12.4 Å². The van der Waals surface area contributed by atoms with E-state index in [2.05, 4.69) is 60.9 Å².